The number of aromatic nitrogens is 1. The Labute approximate surface area is 148 Å². The van der Waals surface area contributed by atoms with Crippen LogP contribution < -0.4 is 16.2 Å². The fraction of sp³-hybridized carbons (Fsp3) is 0.368. The Morgan fingerprint density at radius 3 is 2.84 bits per heavy atom. The Hall–Kier alpha value is -2.44. The van der Waals surface area contributed by atoms with Crippen LogP contribution in [-0.4, -0.2) is 48.5 Å². The number of amides is 1. The van der Waals surface area contributed by atoms with Crippen molar-refractivity contribution in [2.75, 3.05) is 31.6 Å². The highest BCUT2D eigenvalue weighted by molar-refractivity contribution is 5.93. The Morgan fingerprint density at radius 2 is 2.16 bits per heavy atom. The fourth-order valence-corrected chi connectivity index (χ4v) is 3.34. The predicted octanol–water partition coefficient (Wildman–Crippen LogP) is 1.36. The molecule has 3 rings (SSSR count). The number of likely N-dealkylation sites (N-methyl/N-ethyl adjacent to an activating group) is 1. The third kappa shape index (κ3) is 4.15. The fourth-order valence-electron chi connectivity index (χ4n) is 3.34. The van der Waals surface area contributed by atoms with Crippen LogP contribution in [-0.2, 0) is 6.42 Å². The number of benzene rings is 1. The largest absolute Gasteiger partial charge is 0.366 e. The first kappa shape index (κ1) is 17.4. The number of hydrogen-bond acceptors (Lipinski definition) is 5. The second kappa shape index (κ2) is 7.63. The van der Waals surface area contributed by atoms with Gasteiger partial charge in [0.25, 0.3) is 5.91 Å². The minimum atomic E-state index is -0.321. The van der Waals surface area contributed by atoms with Gasteiger partial charge in [-0.15, -0.1) is 0 Å². The molecule has 0 radical (unpaired) electrons. The number of pyridine rings is 1. The zero-order chi connectivity index (χ0) is 17.8. The number of rotatable bonds is 4. The molecule has 0 saturated carbocycles. The number of nitrogen functional groups attached to an aromatic ring is 1. The molecule has 0 bridgehead atoms. The number of nitrogens with zero attached hydrogens (tertiary/aromatic N) is 3. The van der Waals surface area contributed by atoms with Gasteiger partial charge in [-0.1, -0.05) is 12.1 Å². The van der Waals surface area contributed by atoms with Crippen molar-refractivity contribution in [3.05, 3.63) is 59.4 Å². The van der Waals surface area contributed by atoms with Gasteiger partial charge in [-0.05, 0) is 43.8 Å². The maximum Gasteiger partial charge on any atom is 0.266 e. The van der Waals surface area contributed by atoms with Crippen LogP contribution in [0, 0.1) is 6.92 Å². The standard InChI is InChI=1S/C19H25N5O/c1-14-4-3-5-17(10-14)24-9-8-23(2)13-18(24)11-16-7-6-15(12-21-16)19(25)22-20/h3-7,10,12,18H,8-9,11,13,20H2,1-2H3,(H,22,25). The minimum Gasteiger partial charge on any atom is -0.366 e. The molecule has 1 amide bonds. The van der Waals surface area contributed by atoms with E-state index in [9.17, 15) is 4.79 Å². The molecule has 1 aliphatic rings. The van der Waals surface area contributed by atoms with Crippen molar-refractivity contribution in [3.63, 3.8) is 0 Å². The highest BCUT2D eigenvalue weighted by Crippen LogP contribution is 2.23. The quantitative estimate of drug-likeness (QED) is 0.500. The summed E-state index contributed by atoms with van der Waals surface area (Å²) in [4.78, 5) is 20.8. The van der Waals surface area contributed by atoms with Gasteiger partial charge in [0.05, 0.1) is 5.56 Å². The summed E-state index contributed by atoms with van der Waals surface area (Å²) in [5.74, 6) is 4.84. The van der Waals surface area contributed by atoms with Crippen LogP contribution in [0.3, 0.4) is 0 Å². The van der Waals surface area contributed by atoms with Gasteiger partial charge < -0.3 is 9.80 Å². The van der Waals surface area contributed by atoms with E-state index < -0.39 is 0 Å². The average molecular weight is 339 g/mol. The van der Waals surface area contributed by atoms with Crippen molar-refractivity contribution in [3.8, 4) is 0 Å². The minimum absolute atomic E-state index is 0.321. The first-order chi connectivity index (χ1) is 12.1. The molecule has 1 fully saturated rings. The van der Waals surface area contributed by atoms with E-state index in [-0.39, 0.29) is 5.91 Å². The molecule has 1 unspecified atom stereocenters. The van der Waals surface area contributed by atoms with E-state index in [4.69, 9.17) is 5.84 Å². The number of nitrogens with two attached hydrogens (primary N) is 1. The van der Waals surface area contributed by atoms with Crippen LogP contribution >= 0.6 is 0 Å². The molecule has 6 heteroatoms. The summed E-state index contributed by atoms with van der Waals surface area (Å²) in [5.41, 5.74) is 6.11. The Morgan fingerprint density at radius 1 is 1.32 bits per heavy atom. The number of hydrogen-bond donors (Lipinski definition) is 2. The molecule has 2 aromatic rings. The van der Waals surface area contributed by atoms with Crippen LogP contribution in [0.2, 0.25) is 0 Å². The molecule has 6 nitrogen and oxygen atoms in total. The summed E-state index contributed by atoms with van der Waals surface area (Å²) in [6.07, 6.45) is 2.42. The van der Waals surface area contributed by atoms with Crippen molar-refractivity contribution in [2.45, 2.75) is 19.4 Å². The first-order valence-electron chi connectivity index (χ1n) is 8.54. The molecule has 1 aliphatic heterocycles. The summed E-state index contributed by atoms with van der Waals surface area (Å²) in [6.45, 7) is 5.16. The number of piperazine rings is 1. The maximum absolute atomic E-state index is 11.5. The molecular weight excluding hydrogens is 314 g/mol. The van der Waals surface area contributed by atoms with Gasteiger partial charge >= 0.3 is 0 Å². The number of carbonyl (C=O) groups is 1. The highest BCUT2D eigenvalue weighted by Gasteiger charge is 2.26. The Kier molecular flexibility index (Phi) is 5.31. The Balaban J connectivity index is 1.78. The second-order valence-corrected chi connectivity index (χ2v) is 6.66. The monoisotopic (exact) mass is 339 g/mol. The molecule has 1 aromatic carbocycles. The summed E-state index contributed by atoms with van der Waals surface area (Å²) < 4.78 is 0. The van der Waals surface area contributed by atoms with Crippen molar-refractivity contribution < 1.29 is 4.79 Å². The molecule has 3 N–H and O–H groups in total. The van der Waals surface area contributed by atoms with Crippen LogP contribution in [0.4, 0.5) is 5.69 Å². The molecule has 0 aliphatic carbocycles. The lowest BCUT2D eigenvalue weighted by Gasteiger charge is -2.41. The van der Waals surface area contributed by atoms with Gasteiger partial charge in [-0.25, -0.2) is 5.84 Å². The van der Waals surface area contributed by atoms with Gasteiger partial charge in [0.2, 0.25) is 0 Å². The second-order valence-electron chi connectivity index (χ2n) is 6.66. The molecule has 25 heavy (non-hydrogen) atoms. The Bertz CT molecular complexity index is 731. The normalized spacial score (nSPS) is 18.2. The smallest absolute Gasteiger partial charge is 0.266 e. The van der Waals surface area contributed by atoms with Crippen molar-refractivity contribution in [1.29, 1.82) is 0 Å². The zero-order valence-corrected chi connectivity index (χ0v) is 14.8. The van der Waals surface area contributed by atoms with E-state index >= 15 is 0 Å². The summed E-state index contributed by atoms with van der Waals surface area (Å²) >= 11 is 0. The van der Waals surface area contributed by atoms with Crippen molar-refractivity contribution >= 4 is 11.6 Å². The van der Waals surface area contributed by atoms with Crippen LogP contribution in [0.15, 0.2) is 42.6 Å². The predicted molar refractivity (Wildman–Crippen MR) is 99.4 cm³/mol. The molecule has 0 spiro atoms. The molecular formula is C19H25N5O. The van der Waals surface area contributed by atoms with E-state index in [0.717, 1.165) is 31.7 Å². The molecule has 132 valence electrons. The van der Waals surface area contributed by atoms with Gasteiger partial charge in [0, 0.05) is 49.7 Å². The zero-order valence-electron chi connectivity index (χ0n) is 14.8. The van der Waals surface area contributed by atoms with Gasteiger partial charge in [-0.3, -0.25) is 15.2 Å². The lowest BCUT2D eigenvalue weighted by atomic mass is 10.0. The lowest BCUT2D eigenvalue weighted by Crippen LogP contribution is -2.53. The summed E-state index contributed by atoms with van der Waals surface area (Å²) in [7, 11) is 2.16. The molecule has 1 saturated heterocycles. The highest BCUT2D eigenvalue weighted by atomic mass is 16.2. The molecule has 1 atom stereocenters. The van der Waals surface area contributed by atoms with Gasteiger partial charge in [0.15, 0.2) is 0 Å². The molecule has 1 aromatic heterocycles. The van der Waals surface area contributed by atoms with E-state index in [1.165, 1.54) is 11.3 Å². The maximum atomic E-state index is 11.5. The van der Waals surface area contributed by atoms with E-state index in [1.54, 1.807) is 12.3 Å². The van der Waals surface area contributed by atoms with Crippen molar-refractivity contribution in [2.24, 2.45) is 5.84 Å². The first-order valence-corrected chi connectivity index (χ1v) is 8.54. The van der Waals surface area contributed by atoms with E-state index in [2.05, 4.69) is 58.4 Å². The molecule has 2 heterocycles. The van der Waals surface area contributed by atoms with Crippen molar-refractivity contribution in [1.82, 2.24) is 15.3 Å². The lowest BCUT2D eigenvalue weighted by molar-refractivity contribution is 0.0953. The average Bonchev–Trinajstić information content (AvgIpc) is 2.62. The van der Waals surface area contributed by atoms with E-state index in [1.807, 2.05) is 6.07 Å². The van der Waals surface area contributed by atoms with Crippen LogP contribution in [0.5, 0.6) is 0 Å². The van der Waals surface area contributed by atoms with Gasteiger partial charge in [0.1, 0.15) is 0 Å². The van der Waals surface area contributed by atoms with E-state index in [0.29, 0.717) is 11.6 Å². The topological polar surface area (TPSA) is 74.5 Å². The third-order valence-corrected chi connectivity index (χ3v) is 4.68. The number of anilines is 1. The summed E-state index contributed by atoms with van der Waals surface area (Å²) in [6, 6.07) is 12.7. The number of hydrazine groups is 1. The van der Waals surface area contributed by atoms with Crippen LogP contribution in [0.25, 0.3) is 0 Å². The summed E-state index contributed by atoms with van der Waals surface area (Å²) in [5, 5.41) is 0. The SMILES string of the molecule is Cc1cccc(N2CCN(C)CC2Cc2ccc(C(=O)NN)cn2)c1. The number of aryl methyl sites for hydroxylation is 1. The number of nitrogens with one attached hydrogen (secondary N) is 1. The van der Waals surface area contributed by atoms with Crippen LogP contribution in [0.1, 0.15) is 21.6 Å². The number of carbonyl (C=O) groups excluding carboxylic acids is 1. The van der Waals surface area contributed by atoms with Gasteiger partial charge in [-0.2, -0.15) is 0 Å². The third-order valence-electron chi connectivity index (χ3n) is 4.68.